The summed E-state index contributed by atoms with van der Waals surface area (Å²) in [4.78, 5) is 33.3. The Labute approximate surface area is 198 Å². The number of Topliss-reactive ketones (excluding diaryl/α,β-unsaturated/α-hetero) is 1. The zero-order valence-electron chi connectivity index (χ0n) is 17.3. The molecule has 0 saturated heterocycles. The molecule has 0 radical (unpaired) electrons. The highest BCUT2D eigenvalue weighted by atomic mass is 35.5. The predicted molar refractivity (Wildman–Crippen MR) is 130 cm³/mol. The number of thiophene rings is 1. The smallest absolute Gasteiger partial charge is 0.267 e. The second-order valence-corrected chi connectivity index (χ2v) is 9.93. The monoisotopic (exact) mass is 482 g/mol. The quantitative estimate of drug-likeness (QED) is 0.204. The number of aromatic nitrogens is 2. The van der Waals surface area contributed by atoms with E-state index in [9.17, 15) is 9.59 Å². The summed E-state index contributed by atoms with van der Waals surface area (Å²) < 4.78 is 7.12. The third kappa shape index (κ3) is 3.74. The molecule has 32 heavy (non-hydrogen) atoms. The van der Waals surface area contributed by atoms with Crippen molar-refractivity contribution >= 4 is 50.7 Å². The van der Waals surface area contributed by atoms with Crippen LogP contribution < -0.4 is 10.3 Å². The molecule has 1 aliphatic rings. The highest BCUT2D eigenvalue weighted by molar-refractivity contribution is 7.99. The fourth-order valence-corrected chi connectivity index (χ4v) is 6.33. The lowest BCUT2D eigenvalue weighted by atomic mass is 10.1. The second-order valence-electron chi connectivity index (χ2n) is 7.46. The van der Waals surface area contributed by atoms with E-state index in [1.54, 1.807) is 47.3 Å². The van der Waals surface area contributed by atoms with E-state index in [2.05, 4.69) is 0 Å². The Hall–Kier alpha value is -2.61. The molecule has 162 valence electrons. The van der Waals surface area contributed by atoms with Crippen molar-refractivity contribution in [2.45, 2.75) is 24.4 Å². The molecule has 0 N–H and O–H groups in total. The Morgan fingerprint density at radius 1 is 1.19 bits per heavy atom. The first-order valence-electron chi connectivity index (χ1n) is 10.2. The molecule has 1 aliphatic carbocycles. The van der Waals surface area contributed by atoms with Crippen LogP contribution >= 0.6 is 34.7 Å². The number of carbonyl (C=O) groups is 1. The van der Waals surface area contributed by atoms with Crippen molar-refractivity contribution in [2.24, 2.45) is 0 Å². The second kappa shape index (κ2) is 8.73. The summed E-state index contributed by atoms with van der Waals surface area (Å²) in [5.41, 5.74) is 2.21. The van der Waals surface area contributed by atoms with E-state index >= 15 is 0 Å². The van der Waals surface area contributed by atoms with Gasteiger partial charge in [-0.1, -0.05) is 35.5 Å². The van der Waals surface area contributed by atoms with Gasteiger partial charge in [0.2, 0.25) is 0 Å². The lowest BCUT2D eigenvalue weighted by Crippen LogP contribution is -2.22. The maximum Gasteiger partial charge on any atom is 0.267 e. The minimum atomic E-state index is -0.111. The van der Waals surface area contributed by atoms with E-state index in [1.165, 1.54) is 16.6 Å². The van der Waals surface area contributed by atoms with Crippen molar-refractivity contribution in [3.8, 4) is 11.4 Å². The Morgan fingerprint density at radius 3 is 2.75 bits per heavy atom. The first kappa shape index (κ1) is 21.2. The zero-order valence-corrected chi connectivity index (χ0v) is 19.6. The highest BCUT2D eigenvalue weighted by Crippen LogP contribution is 2.37. The standard InChI is InChI=1S/C24H19ClN2O3S2/c1-30-19-7-3-2-6-17(19)27-23(29)21-16-5-4-8-20(16)32-22(21)26-24(27)31-13-18(28)14-9-11-15(25)12-10-14/h2-3,6-7,9-12H,4-5,8,13H2,1H3. The first-order chi connectivity index (χ1) is 15.6. The maximum absolute atomic E-state index is 13.8. The molecule has 2 heterocycles. The van der Waals surface area contributed by atoms with E-state index in [4.69, 9.17) is 21.3 Å². The molecule has 4 aromatic rings. The van der Waals surface area contributed by atoms with E-state index in [0.29, 0.717) is 32.6 Å². The number of thioether (sulfide) groups is 1. The number of ketones is 1. The fraction of sp³-hybridized carbons (Fsp3) is 0.208. The van der Waals surface area contributed by atoms with Crippen LogP contribution in [0.3, 0.4) is 0 Å². The van der Waals surface area contributed by atoms with Gasteiger partial charge in [0.15, 0.2) is 10.9 Å². The lowest BCUT2D eigenvalue weighted by molar-refractivity contribution is 0.102. The molecule has 0 fully saturated rings. The number of nitrogens with zero attached hydrogens (tertiary/aromatic N) is 2. The molecule has 0 saturated carbocycles. The highest BCUT2D eigenvalue weighted by Gasteiger charge is 2.25. The number of carbonyl (C=O) groups excluding carboxylic acids is 1. The Morgan fingerprint density at radius 2 is 1.97 bits per heavy atom. The number of rotatable bonds is 6. The van der Waals surface area contributed by atoms with Crippen LogP contribution in [0.1, 0.15) is 27.2 Å². The number of hydrogen-bond donors (Lipinski definition) is 0. The summed E-state index contributed by atoms with van der Waals surface area (Å²) in [7, 11) is 1.58. The molecular formula is C24H19ClN2O3S2. The van der Waals surface area contributed by atoms with Gasteiger partial charge in [0.1, 0.15) is 10.6 Å². The maximum atomic E-state index is 13.8. The molecule has 0 bridgehead atoms. The molecule has 5 nitrogen and oxygen atoms in total. The predicted octanol–water partition coefficient (Wildman–Crippen LogP) is 5.57. The van der Waals surface area contributed by atoms with Crippen LogP contribution in [-0.2, 0) is 12.8 Å². The van der Waals surface area contributed by atoms with Crippen LogP contribution in [0.2, 0.25) is 5.02 Å². The van der Waals surface area contributed by atoms with Gasteiger partial charge >= 0.3 is 0 Å². The van der Waals surface area contributed by atoms with E-state index in [1.807, 2.05) is 24.3 Å². The number of benzene rings is 2. The molecule has 0 spiro atoms. The third-order valence-electron chi connectivity index (χ3n) is 5.53. The number of fused-ring (bicyclic) bond motifs is 3. The minimum absolute atomic E-state index is 0.0544. The SMILES string of the molecule is COc1ccccc1-n1c(SCC(=O)c2ccc(Cl)cc2)nc2sc3c(c2c1=O)CCC3. The summed E-state index contributed by atoms with van der Waals surface area (Å²) in [6.07, 6.45) is 2.96. The minimum Gasteiger partial charge on any atom is -0.495 e. The van der Waals surface area contributed by atoms with E-state index in [-0.39, 0.29) is 17.1 Å². The van der Waals surface area contributed by atoms with E-state index < -0.39 is 0 Å². The average Bonchev–Trinajstić information content (AvgIpc) is 3.39. The topological polar surface area (TPSA) is 61.2 Å². The van der Waals surface area contributed by atoms with Crippen LogP contribution in [0.15, 0.2) is 58.5 Å². The molecule has 2 aromatic heterocycles. The molecule has 2 aromatic carbocycles. The first-order valence-corrected chi connectivity index (χ1v) is 12.4. The average molecular weight is 483 g/mol. The normalized spacial score (nSPS) is 12.8. The number of methoxy groups -OCH3 is 1. The summed E-state index contributed by atoms with van der Waals surface area (Å²) in [5.74, 6) is 0.676. The summed E-state index contributed by atoms with van der Waals surface area (Å²) in [6, 6.07) is 14.2. The van der Waals surface area contributed by atoms with Crippen molar-refractivity contribution in [3.05, 3.63) is 79.9 Å². The Balaban J connectivity index is 1.61. The fourth-order valence-electron chi connectivity index (χ4n) is 4.00. The number of ether oxygens (including phenoxy) is 1. The van der Waals surface area contributed by atoms with Crippen LogP contribution in [0.4, 0.5) is 0 Å². The van der Waals surface area contributed by atoms with Crippen molar-refractivity contribution in [1.82, 2.24) is 9.55 Å². The molecule has 0 aliphatic heterocycles. The number of aryl methyl sites for hydroxylation is 2. The molecular weight excluding hydrogens is 464 g/mol. The molecule has 0 amide bonds. The number of halogens is 1. The van der Waals surface area contributed by atoms with Crippen LogP contribution in [0, 0.1) is 0 Å². The largest absolute Gasteiger partial charge is 0.495 e. The van der Waals surface area contributed by atoms with Gasteiger partial charge in [-0.25, -0.2) is 4.98 Å². The van der Waals surface area contributed by atoms with Gasteiger partial charge in [-0.15, -0.1) is 11.3 Å². The molecule has 5 rings (SSSR count). The Kier molecular flexibility index (Phi) is 5.80. The molecule has 0 atom stereocenters. The van der Waals surface area contributed by atoms with Crippen molar-refractivity contribution < 1.29 is 9.53 Å². The van der Waals surface area contributed by atoms with Crippen molar-refractivity contribution in [1.29, 1.82) is 0 Å². The van der Waals surface area contributed by atoms with Gasteiger partial charge in [0.25, 0.3) is 5.56 Å². The number of para-hydroxylation sites is 2. The van der Waals surface area contributed by atoms with E-state index in [0.717, 1.165) is 29.7 Å². The summed E-state index contributed by atoms with van der Waals surface area (Å²) >= 11 is 8.79. The van der Waals surface area contributed by atoms with Gasteiger partial charge in [0.05, 0.1) is 23.9 Å². The number of hydrogen-bond acceptors (Lipinski definition) is 6. The van der Waals surface area contributed by atoms with Gasteiger partial charge < -0.3 is 4.74 Å². The van der Waals surface area contributed by atoms with Crippen molar-refractivity contribution in [2.75, 3.05) is 12.9 Å². The summed E-state index contributed by atoms with van der Waals surface area (Å²) in [5, 5.41) is 1.76. The summed E-state index contributed by atoms with van der Waals surface area (Å²) in [6.45, 7) is 0. The van der Waals surface area contributed by atoms with Crippen molar-refractivity contribution in [3.63, 3.8) is 0 Å². The van der Waals surface area contributed by atoms with Crippen LogP contribution in [-0.4, -0.2) is 28.2 Å². The molecule has 8 heteroatoms. The van der Waals surface area contributed by atoms with Crippen LogP contribution in [0.25, 0.3) is 15.9 Å². The van der Waals surface area contributed by atoms with Gasteiger partial charge in [-0.05, 0) is 61.2 Å². The zero-order chi connectivity index (χ0) is 22.2. The lowest BCUT2D eigenvalue weighted by Gasteiger charge is -2.15. The van der Waals surface area contributed by atoms with Gasteiger partial charge in [0, 0.05) is 15.5 Å². The molecule has 0 unspecified atom stereocenters. The third-order valence-corrected chi connectivity index (χ3v) is 7.91. The van der Waals surface area contributed by atoms with Gasteiger partial charge in [-0.3, -0.25) is 14.2 Å². The Bertz CT molecular complexity index is 1390. The van der Waals surface area contributed by atoms with Gasteiger partial charge in [-0.2, -0.15) is 0 Å². The van der Waals surface area contributed by atoms with Crippen LogP contribution in [0.5, 0.6) is 5.75 Å².